The summed E-state index contributed by atoms with van der Waals surface area (Å²) in [5.74, 6) is 0.320. The average molecular weight is 510 g/mol. The van der Waals surface area contributed by atoms with E-state index in [1.165, 1.54) is 4.90 Å². The van der Waals surface area contributed by atoms with Crippen molar-refractivity contribution < 1.29 is 24.2 Å². The van der Waals surface area contributed by atoms with Crippen LogP contribution in [0, 0.1) is 5.92 Å². The molecule has 0 saturated carbocycles. The molecule has 0 fully saturated rings. The van der Waals surface area contributed by atoms with E-state index in [1.54, 1.807) is 22.7 Å². The highest BCUT2D eigenvalue weighted by Gasteiger charge is 2.29. The molecule has 3 aromatic rings. The monoisotopic (exact) mass is 509 g/mol. The number of ether oxygens (including phenoxy) is 2. The van der Waals surface area contributed by atoms with Crippen LogP contribution in [-0.4, -0.2) is 80.8 Å². The summed E-state index contributed by atoms with van der Waals surface area (Å²) < 4.78 is 13.7. The molecule has 2 heterocycles. The quantitative estimate of drug-likeness (QED) is 0.563. The molecule has 1 aromatic heterocycles. The number of rotatable bonds is 5. The largest absolute Gasteiger partial charge is 0.415 e. The minimum Gasteiger partial charge on any atom is -0.410 e. The van der Waals surface area contributed by atoms with Gasteiger partial charge in [-0.25, -0.2) is 4.79 Å². The maximum absolute atomic E-state index is 13.1. The Hall–Kier alpha value is -3.50. The van der Waals surface area contributed by atoms with Gasteiger partial charge in [-0.05, 0) is 24.8 Å². The number of benzene rings is 2. The molecule has 1 N–H and O–H groups in total. The number of hydrogen-bond donors (Lipinski definition) is 1. The molecule has 0 aliphatic carbocycles. The van der Waals surface area contributed by atoms with Crippen LogP contribution in [0.1, 0.15) is 32.4 Å². The SMILES string of the molecule is C[C@H](CO)N1C[C@H](C)[C@@H](CN(C)C(=O)Oc2cccc3ccccc23)OCc2cn(nn2)CCCC1=O. The highest BCUT2D eigenvalue weighted by Crippen LogP contribution is 2.26. The Morgan fingerprint density at radius 2 is 2.05 bits per heavy atom. The lowest BCUT2D eigenvalue weighted by Gasteiger charge is -2.35. The molecule has 37 heavy (non-hydrogen) atoms. The van der Waals surface area contributed by atoms with Gasteiger partial charge in [0, 0.05) is 37.9 Å². The minimum absolute atomic E-state index is 0.0320. The first-order valence-corrected chi connectivity index (χ1v) is 12.7. The van der Waals surface area contributed by atoms with Gasteiger partial charge in [0.1, 0.15) is 11.4 Å². The number of nitrogens with zero attached hydrogens (tertiary/aromatic N) is 5. The van der Waals surface area contributed by atoms with Crippen molar-refractivity contribution >= 4 is 22.8 Å². The van der Waals surface area contributed by atoms with Gasteiger partial charge in [0.2, 0.25) is 5.91 Å². The Balaban J connectivity index is 1.51. The predicted molar refractivity (Wildman–Crippen MR) is 138 cm³/mol. The lowest BCUT2D eigenvalue weighted by Crippen LogP contribution is -2.48. The van der Waals surface area contributed by atoms with E-state index in [4.69, 9.17) is 9.47 Å². The number of carbonyl (C=O) groups excluding carboxylic acids is 2. The second kappa shape index (κ2) is 12.2. The van der Waals surface area contributed by atoms with E-state index in [-0.39, 0.29) is 37.6 Å². The molecule has 4 rings (SSSR count). The Labute approximate surface area is 216 Å². The highest BCUT2D eigenvalue weighted by molar-refractivity contribution is 5.90. The Bertz CT molecular complexity index is 1210. The first-order valence-electron chi connectivity index (χ1n) is 12.7. The topological polar surface area (TPSA) is 110 Å². The van der Waals surface area contributed by atoms with Crippen LogP contribution in [0.15, 0.2) is 48.7 Å². The second-order valence-corrected chi connectivity index (χ2v) is 9.71. The summed E-state index contributed by atoms with van der Waals surface area (Å²) in [6.45, 7) is 5.11. The molecule has 0 radical (unpaired) electrons. The zero-order valence-electron chi connectivity index (χ0n) is 21.6. The Kier molecular flexibility index (Phi) is 8.73. The van der Waals surface area contributed by atoms with Gasteiger partial charge in [-0.1, -0.05) is 48.5 Å². The van der Waals surface area contributed by atoms with E-state index in [0.29, 0.717) is 37.4 Å². The second-order valence-electron chi connectivity index (χ2n) is 9.71. The molecule has 2 aromatic carbocycles. The summed E-state index contributed by atoms with van der Waals surface area (Å²) >= 11 is 0. The fourth-order valence-electron chi connectivity index (χ4n) is 4.49. The molecule has 1 aliphatic rings. The van der Waals surface area contributed by atoms with Crippen LogP contribution in [0.3, 0.4) is 0 Å². The molecular weight excluding hydrogens is 474 g/mol. The summed E-state index contributed by atoms with van der Waals surface area (Å²) in [4.78, 5) is 29.3. The Morgan fingerprint density at radius 3 is 2.86 bits per heavy atom. The fraction of sp³-hybridized carbons (Fsp3) is 0.481. The van der Waals surface area contributed by atoms with Crippen molar-refractivity contribution in [2.45, 2.75) is 52.0 Å². The van der Waals surface area contributed by atoms with Gasteiger partial charge in [0.15, 0.2) is 0 Å². The van der Waals surface area contributed by atoms with Gasteiger partial charge in [0.25, 0.3) is 0 Å². The third-order valence-electron chi connectivity index (χ3n) is 6.76. The molecular formula is C27H35N5O5. The number of aryl methyl sites for hydroxylation is 1. The Morgan fingerprint density at radius 1 is 1.27 bits per heavy atom. The number of likely N-dealkylation sites (N-methyl/N-ethyl adjacent to an activating group) is 1. The van der Waals surface area contributed by atoms with Crippen molar-refractivity contribution in [3.63, 3.8) is 0 Å². The highest BCUT2D eigenvalue weighted by atomic mass is 16.6. The summed E-state index contributed by atoms with van der Waals surface area (Å²) in [6, 6.07) is 13.0. The van der Waals surface area contributed by atoms with Crippen molar-refractivity contribution in [1.29, 1.82) is 0 Å². The maximum atomic E-state index is 13.1. The third-order valence-corrected chi connectivity index (χ3v) is 6.76. The van der Waals surface area contributed by atoms with Crippen LogP contribution >= 0.6 is 0 Å². The number of aliphatic hydroxyl groups excluding tert-OH is 1. The fourth-order valence-corrected chi connectivity index (χ4v) is 4.49. The molecule has 2 bridgehead atoms. The van der Waals surface area contributed by atoms with Gasteiger partial charge < -0.3 is 24.4 Å². The maximum Gasteiger partial charge on any atom is 0.415 e. The molecule has 1 aliphatic heterocycles. The standard InChI is InChI=1S/C27H35N5O5/c1-19-14-32(20(2)17-33)26(34)12-7-13-31-15-22(28-29-31)18-36-25(19)16-30(3)27(35)37-24-11-6-9-21-8-4-5-10-23(21)24/h4-6,8-11,15,19-20,25,33H,7,12-14,16-18H2,1-3H3/t19-,20+,25+/m0/s1. The summed E-state index contributed by atoms with van der Waals surface area (Å²) in [6.07, 6.45) is 1.86. The lowest BCUT2D eigenvalue weighted by molar-refractivity contribution is -0.136. The molecule has 10 nitrogen and oxygen atoms in total. The number of carbonyl (C=O) groups is 2. The van der Waals surface area contributed by atoms with Crippen molar-refractivity contribution in [2.24, 2.45) is 5.92 Å². The van der Waals surface area contributed by atoms with Gasteiger partial charge in [-0.2, -0.15) is 0 Å². The average Bonchev–Trinajstić information content (AvgIpc) is 3.36. The first-order chi connectivity index (χ1) is 17.9. The molecule has 0 unspecified atom stereocenters. The van der Waals surface area contributed by atoms with Crippen LogP contribution in [0.25, 0.3) is 10.8 Å². The summed E-state index contributed by atoms with van der Waals surface area (Å²) in [5, 5.41) is 19.9. The molecule has 198 valence electrons. The molecule has 0 saturated heterocycles. The van der Waals surface area contributed by atoms with Crippen LogP contribution in [0.4, 0.5) is 4.79 Å². The summed E-state index contributed by atoms with van der Waals surface area (Å²) in [5.41, 5.74) is 0.685. The number of aromatic nitrogens is 3. The molecule has 10 heteroatoms. The molecule has 0 spiro atoms. The van der Waals surface area contributed by atoms with Crippen LogP contribution in [0.2, 0.25) is 0 Å². The van der Waals surface area contributed by atoms with Crippen molar-refractivity contribution in [2.75, 3.05) is 26.7 Å². The first kappa shape index (κ1) is 26.6. The van der Waals surface area contributed by atoms with Crippen LogP contribution < -0.4 is 4.74 Å². The zero-order chi connectivity index (χ0) is 26.4. The molecule has 3 atom stereocenters. The van der Waals surface area contributed by atoms with Crippen molar-refractivity contribution in [3.05, 3.63) is 54.4 Å². The number of amides is 2. The predicted octanol–water partition coefficient (Wildman–Crippen LogP) is 3.09. The smallest absolute Gasteiger partial charge is 0.410 e. The van der Waals surface area contributed by atoms with Gasteiger partial charge >= 0.3 is 6.09 Å². The van der Waals surface area contributed by atoms with Crippen LogP contribution in [-0.2, 0) is 22.7 Å². The van der Waals surface area contributed by atoms with E-state index < -0.39 is 12.2 Å². The van der Waals surface area contributed by atoms with E-state index >= 15 is 0 Å². The molecule has 2 amide bonds. The van der Waals surface area contributed by atoms with E-state index in [1.807, 2.05) is 56.4 Å². The van der Waals surface area contributed by atoms with Crippen molar-refractivity contribution in [1.82, 2.24) is 24.8 Å². The van der Waals surface area contributed by atoms with E-state index in [9.17, 15) is 14.7 Å². The van der Waals surface area contributed by atoms with Crippen LogP contribution in [0.5, 0.6) is 5.75 Å². The lowest BCUT2D eigenvalue weighted by atomic mass is 10.0. The van der Waals surface area contributed by atoms with Gasteiger partial charge in [-0.15, -0.1) is 5.10 Å². The third kappa shape index (κ3) is 6.64. The van der Waals surface area contributed by atoms with E-state index in [2.05, 4.69) is 10.3 Å². The number of fused-ring (bicyclic) bond motifs is 3. The van der Waals surface area contributed by atoms with Gasteiger partial charge in [-0.3, -0.25) is 9.48 Å². The van der Waals surface area contributed by atoms with E-state index in [0.717, 1.165) is 10.8 Å². The zero-order valence-corrected chi connectivity index (χ0v) is 21.6. The minimum atomic E-state index is -0.502. The summed E-state index contributed by atoms with van der Waals surface area (Å²) in [7, 11) is 1.67. The van der Waals surface area contributed by atoms with Gasteiger partial charge in [0.05, 0.1) is 38.1 Å². The van der Waals surface area contributed by atoms with Crippen molar-refractivity contribution in [3.8, 4) is 5.75 Å². The normalized spacial score (nSPS) is 20.0. The number of hydrogen-bond acceptors (Lipinski definition) is 7. The number of aliphatic hydroxyl groups is 1.